The molecule has 7 nitrogen and oxygen atoms in total. The number of nitrogens with zero attached hydrogens (tertiary/aromatic N) is 2. The molecule has 0 bridgehead atoms. The lowest BCUT2D eigenvalue weighted by Gasteiger charge is -2.32. The highest BCUT2D eigenvalue weighted by Gasteiger charge is 2.48. The predicted octanol–water partition coefficient (Wildman–Crippen LogP) is 2.14. The molecule has 3 aliphatic rings. The standard InChI is InChI=1S/C20H23FN4O3/c1-10-8-23-15-16-11(6-13(19(27)28)18(26)25(10)16)7-14(21)17(15)24-5-2-12(9-24)20(22)3-4-20/h6-7,10,12,23H,2-5,8-9,22H2,1H3,(H,27,28)/t10?,12-/m1/s1. The van der Waals surface area contributed by atoms with Crippen LogP contribution in [0.4, 0.5) is 15.8 Å². The third kappa shape index (κ3) is 2.37. The highest BCUT2D eigenvalue weighted by atomic mass is 19.1. The maximum Gasteiger partial charge on any atom is 0.341 e. The van der Waals surface area contributed by atoms with Gasteiger partial charge >= 0.3 is 5.97 Å². The lowest BCUT2D eigenvalue weighted by atomic mass is 9.97. The average Bonchev–Trinajstić information content (AvgIpc) is 3.20. The van der Waals surface area contributed by atoms with Gasteiger partial charge in [0.2, 0.25) is 0 Å². The fourth-order valence-electron chi connectivity index (χ4n) is 4.84. The summed E-state index contributed by atoms with van der Waals surface area (Å²) in [6.45, 7) is 3.69. The molecular weight excluding hydrogens is 363 g/mol. The Balaban J connectivity index is 1.70. The highest BCUT2D eigenvalue weighted by molar-refractivity contribution is 6.02. The van der Waals surface area contributed by atoms with Gasteiger partial charge in [0.25, 0.3) is 5.56 Å². The number of aromatic nitrogens is 1. The van der Waals surface area contributed by atoms with E-state index in [9.17, 15) is 14.7 Å². The van der Waals surface area contributed by atoms with Gasteiger partial charge in [0.05, 0.1) is 22.9 Å². The molecule has 148 valence electrons. The number of pyridine rings is 1. The van der Waals surface area contributed by atoms with Crippen molar-refractivity contribution in [2.75, 3.05) is 29.9 Å². The Hall–Kier alpha value is -2.61. The zero-order valence-corrected chi connectivity index (χ0v) is 15.7. The maximum atomic E-state index is 15.2. The number of rotatable bonds is 3. The quantitative estimate of drug-likeness (QED) is 0.747. The predicted molar refractivity (Wildman–Crippen MR) is 105 cm³/mol. The zero-order chi connectivity index (χ0) is 19.8. The van der Waals surface area contributed by atoms with Crippen LogP contribution < -0.4 is 21.5 Å². The summed E-state index contributed by atoms with van der Waals surface area (Å²) in [6, 6.07) is 2.39. The van der Waals surface area contributed by atoms with Gasteiger partial charge in [-0.15, -0.1) is 0 Å². The molecule has 1 saturated heterocycles. The summed E-state index contributed by atoms with van der Waals surface area (Å²) in [6.07, 6.45) is 2.96. The number of carbonyl (C=O) groups is 1. The molecule has 1 aliphatic carbocycles. The average molecular weight is 386 g/mol. The van der Waals surface area contributed by atoms with Gasteiger partial charge in [0, 0.05) is 30.6 Å². The second-order valence-electron chi connectivity index (χ2n) is 8.45. The van der Waals surface area contributed by atoms with Crippen molar-refractivity contribution in [3.8, 4) is 0 Å². The SMILES string of the molecule is CC1CNc2c(N3CC[C@@H](C4(N)CC4)C3)c(F)cc3cc(C(=O)O)c(=O)n1c23. The van der Waals surface area contributed by atoms with Gasteiger partial charge in [-0.3, -0.25) is 4.79 Å². The number of halogens is 1. The number of carboxylic acids is 1. The molecule has 2 aromatic rings. The summed E-state index contributed by atoms with van der Waals surface area (Å²) in [5.41, 5.74) is 6.98. The first-order valence-corrected chi connectivity index (χ1v) is 9.73. The normalized spacial score (nSPS) is 25.0. The highest BCUT2D eigenvalue weighted by Crippen LogP contribution is 2.47. The van der Waals surface area contributed by atoms with Crippen molar-refractivity contribution in [1.29, 1.82) is 0 Å². The van der Waals surface area contributed by atoms with Gasteiger partial charge < -0.3 is 25.6 Å². The van der Waals surface area contributed by atoms with Crippen molar-refractivity contribution in [3.63, 3.8) is 0 Å². The summed E-state index contributed by atoms with van der Waals surface area (Å²) in [7, 11) is 0. The first-order chi connectivity index (χ1) is 13.3. The molecule has 1 unspecified atom stereocenters. The van der Waals surface area contributed by atoms with Crippen LogP contribution in [0.2, 0.25) is 0 Å². The summed E-state index contributed by atoms with van der Waals surface area (Å²) < 4.78 is 16.7. The van der Waals surface area contributed by atoms with Gasteiger partial charge in [-0.25, -0.2) is 9.18 Å². The Morgan fingerprint density at radius 2 is 2.14 bits per heavy atom. The first kappa shape index (κ1) is 17.5. The lowest BCUT2D eigenvalue weighted by Crippen LogP contribution is -2.37. The second kappa shape index (κ2) is 5.70. The van der Waals surface area contributed by atoms with Crippen LogP contribution in [-0.2, 0) is 0 Å². The number of hydrogen-bond acceptors (Lipinski definition) is 5. The first-order valence-electron chi connectivity index (χ1n) is 9.73. The fraction of sp³-hybridized carbons (Fsp3) is 0.500. The molecule has 2 fully saturated rings. The zero-order valence-electron chi connectivity index (χ0n) is 15.7. The Labute approximate surface area is 160 Å². The summed E-state index contributed by atoms with van der Waals surface area (Å²) in [5, 5.41) is 13.1. The number of carboxylic acid groups (broad SMARTS) is 1. The van der Waals surface area contributed by atoms with Crippen LogP contribution in [0.1, 0.15) is 42.6 Å². The number of nitrogens with one attached hydrogen (secondary N) is 1. The Bertz CT molecular complexity index is 1080. The molecule has 2 atom stereocenters. The largest absolute Gasteiger partial charge is 0.477 e. The van der Waals surface area contributed by atoms with Gasteiger partial charge in [0.1, 0.15) is 11.4 Å². The van der Waals surface area contributed by atoms with E-state index in [0.29, 0.717) is 47.8 Å². The van der Waals surface area contributed by atoms with Crippen molar-refractivity contribution < 1.29 is 14.3 Å². The second-order valence-corrected chi connectivity index (χ2v) is 8.45. The third-order valence-electron chi connectivity index (χ3n) is 6.64. The molecular formula is C20H23FN4O3. The van der Waals surface area contributed by atoms with Gasteiger partial charge in [-0.05, 0) is 44.2 Å². The molecule has 28 heavy (non-hydrogen) atoms. The maximum absolute atomic E-state index is 15.2. The topological polar surface area (TPSA) is 101 Å². The molecule has 0 spiro atoms. The van der Waals surface area contributed by atoms with Crippen LogP contribution in [0.5, 0.6) is 0 Å². The molecule has 1 saturated carbocycles. The van der Waals surface area contributed by atoms with E-state index < -0.39 is 17.3 Å². The van der Waals surface area contributed by atoms with Crippen molar-refractivity contribution in [2.45, 2.75) is 37.8 Å². The fourth-order valence-corrected chi connectivity index (χ4v) is 4.84. The van der Waals surface area contributed by atoms with E-state index in [1.165, 1.54) is 16.7 Å². The van der Waals surface area contributed by atoms with Crippen molar-refractivity contribution >= 4 is 28.2 Å². The molecule has 1 aromatic carbocycles. The minimum atomic E-state index is -1.30. The molecule has 0 amide bonds. The minimum Gasteiger partial charge on any atom is -0.477 e. The molecule has 8 heteroatoms. The summed E-state index contributed by atoms with van der Waals surface area (Å²) in [5.74, 6) is -1.37. The molecule has 3 heterocycles. The van der Waals surface area contributed by atoms with Crippen molar-refractivity contribution in [1.82, 2.24) is 4.57 Å². The summed E-state index contributed by atoms with van der Waals surface area (Å²) in [4.78, 5) is 26.3. The van der Waals surface area contributed by atoms with E-state index >= 15 is 4.39 Å². The van der Waals surface area contributed by atoms with Crippen molar-refractivity contribution in [3.05, 3.63) is 33.9 Å². The number of benzene rings is 1. The monoisotopic (exact) mass is 386 g/mol. The molecule has 2 aliphatic heterocycles. The lowest BCUT2D eigenvalue weighted by molar-refractivity contribution is 0.0694. The smallest absolute Gasteiger partial charge is 0.341 e. The van der Waals surface area contributed by atoms with E-state index in [4.69, 9.17) is 5.73 Å². The van der Waals surface area contributed by atoms with Gasteiger partial charge in [0.15, 0.2) is 0 Å². The van der Waals surface area contributed by atoms with E-state index in [2.05, 4.69) is 5.32 Å². The molecule has 1 aromatic heterocycles. The number of nitrogens with two attached hydrogens (primary N) is 1. The molecule has 4 N–H and O–H groups in total. The summed E-state index contributed by atoms with van der Waals surface area (Å²) >= 11 is 0. The number of aromatic carboxylic acids is 1. The van der Waals surface area contributed by atoms with Crippen LogP contribution >= 0.6 is 0 Å². The third-order valence-corrected chi connectivity index (χ3v) is 6.64. The van der Waals surface area contributed by atoms with E-state index in [0.717, 1.165) is 19.3 Å². The molecule has 0 radical (unpaired) electrons. The van der Waals surface area contributed by atoms with E-state index in [1.807, 2.05) is 11.8 Å². The van der Waals surface area contributed by atoms with Crippen LogP contribution in [-0.4, -0.2) is 40.8 Å². The Morgan fingerprint density at radius 3 is 2.82 bits per heavy atom. The Morgan fingerprint density at radius 1 is 1.39 bits per heavy atom. The van der Waals surface area contributed by atoms with Crippen LogP contribution in [0, 0.1) is 11.7 Å². The minimum absolute atomic E-state index is 0.111. The van der Waals surface area contributed by atoms with Crippen LogP contribution in [0.25, 0.3) is 10.9 Å². The Kier molecular flexibility index (Phi) is 3.56. The van der Waals surface area contributed by atoms with Crippen LogP contribution in [0.3, 0.4) is 0 Å². The number of anilines is 2. The molecule has 5 rings (SSSR count). The van der Waals surface area contributed by atoms with Crippen molar-refractivity contribution in [2.24, 2.45) is 11.7 Å². The number of hydrogen-bond donors (Lipinski definition) is 3. The van der Waals surface area contributed by atoms with Gasteiger partial charge in [-0.1, -0.05) is 0 Å². The van der Waals surface area contributed by atoms with E-state index in [1.54, 1.807) is 0 Å². The van der Waals surface area contributed by atoms with Crippen LogP contribution in [0.15, 0.2) is 16.9 Å². The van der Waals surface area contributed by atoms with Gasteiger partial charge in [-0.2, -0.15) is 0 Å². The van der Waals surface area contributed by atoms with E-state index in [-0.39, 0.29) is 17.1 Å².